The largest absolute Gasteiger partial charge is 0.492 e. The monoisotopic (exact) mass is 425 g/mol. The van der Waals surface area contributed by atoms with E-state index in [0.717, 1.165) is 23.4 Å². The number of halogens is 3. The second-order valence-electron chi connectivity index (χ2n) is 8.58. The number of pyridine rings is 1. The van der Waals surface area contributed by atoms with Gasteiger partial charge in [0.25, 0.3) is 11.5 Å². The van der Waals surface area contributed by atoms with Gasteiger partial charge in [0, 0.05) is 25.4 Å². The molecule has 1 saturated heterocycles. The van der Waals surface area contributed by atoms with Crippen molar-refractivity contribution >= 4 is 11.2 Å². The van der Waals surface area contributed by atoms with Crippen molar-refractivity contribution in [3.05, 3.63) is 38.4 Å². The van der Waals surface area contributed by atoms with Crippen LogP contribution < -0.4 is 32.5 Å². The number of alkyl halides is 2. The second kappa shape index (κ2) is 5.93. The number of hydrogen-bond donors (Lipinski definition) is 2. The first-order valence-corrected chi connectivity index (χ1v) is 9.85. The topological polar surface area (TPSA) is 108 Å². The van der Waals surface area contributed by atoms with E-state index in [1.165, 1.54) is 7.11 Å². The molecular weight excluding hydrogens is 403 g/mol. The molecule has 1 aliphatic heterocycles. The summed E-state index contributed by atoms with van der Waals surface area (Å²) < 4.78 is 49.6. The van der Waals surface area contributed by atoms with Gasteiger partial charge in [-0.2, -0.15) is 4.68 Å². The fourth-order valence-electron chi connectivity index (χ4n) is 4.78. The molecule has 11 heteroatoms. The van der Waals surface area contributed by atoms with Gasteiger partial charge < -0.3 is 21.2 Å². The predicted molar refractivity (Wildman–Crippen MR) is 103 cm³/mol. The quantitative estimate of drug-likeness (QED) is 0.701. The van der Waals surface area contributed by atoms with E-state index in [2.05, 4.69) is 0 Å². The van der Waals surface area contributed by atoms with Crippen LogP contribution in [0.2, 0.25) is 0 Å². The third kappa shape index (κ3) is 2.44. The number of aromatic nitrogens is 2. The van der Waals surface area contributed by atoms with Gasteiger partial charge in [0.1, 0.15) is 11.2 Å². The first-order chi connectivity index (χ1) is 14.1. The van der Waals surface area contributed by atoms with Crippen LogP contribution in [0.3, 0.4) is 0 Å². The zero-order chi connectivity index (χ0) is 21.6. The van der Waals surface area contributed by atoms with E-state index in [1.807, 2.05) is 0 Å². The summed E-state index contributed by atoms with van der Waals surface area (Å²) in [6, 6.07) is 0. The Morgan fingerprint density at radius 1 is 1.23 bits per heavy atom. The fraction of sp³-hybridized carbons (Fsp3) is 0.579. The molecule has 3 heterocycles. The zero-order valence-electron chi connectivity index (χ0n) is 16.3. The highest BCUT2D eigenvalue weighted by Crippen LogP contribution is 2.57. The molecule has 0 amide bonds. The lowest BCUT2D eigenvalue weighted by Crippen LogP contribution is -2.44. The molecule has 0 radical (unpaired) electrons. The van der Waals surface area contributed by atoms with Gasteiger partial charge in [0.2, 0.25) is 0 Å². The molecule has 4 N–H and O–H groups in total. The van der Waals surface area contributed by atoms with Crippen LogP contribution in [0.25, 0.3) is 5.52 Å². The van der Waals surface area contributed by atoms with Crippen LogP contribution in [0, 0.1) is 11.7 Å². The number of rotatable bonds is 4. The second-order valence-corrected chi connectivity index (χ2v) is 8.58. The summed E-state index contributed by atoms with van der Waals surface area (Å²) in [6.07, 6.45) is 2.46. The van der Waals surface area contributed by atoms with Gasteiger partial charge in [-0.3, -0.25) is 9.20 Å². The smallest absolute Gasteiger partial charge is 0.354 e. The normalized spacial score (nSPS) is 27.6. The molecular formula is C19H22F3N5O3. The minimum atomic E-state index is -2.92. The number of ether oxygens (including phenoxy) is 1. The first-order valence-electron chi connectivity index (χ1n) is 9.85. The van der Waals surface area contributed by atoms with Crippen LogP contribution in [0.1, 0.15) is 37.2 Å². The van der Waals surface area contributed by atoms with Crippen molar-refractivity contribution in [2.75, 3.05) is 30.9 Å². The summed E-state index contributed by atoms with van der Waals surface area (Å²) in [5, 5.41) is 0. The molecule has 2 aromatic heterocycles. The fourth-order valence-corrected chi connectivity index (χ4v) is 4.78. The molecule has 3 aliphatic rings. The molecule has 5 rings (SSSR count). The highest BCUT2D eigenvalue weighted by molar-refractivity contribution is 5.78. The molecule has 8 nitrogen and oxygen atoms in total. The van der Waals surface area contributed by atoms with E-state index >= 15 is 4.39 Å². The van der Waals surface area contributed by atoms with E-state index in [9.17, 15) is 18.4 Å². The third-order valence-electron chi connectivity index (χ3n) is 6.75. The van der Waals surface area contributed by atoms with Crippen molar-refractivity contribution in [2.45, 2.75) is 43.1 Å². The zero-order valence-corrected chi connectivity index (χ0v) is 16.3. The van der Waals surface area contributed by atoms with Crippen molar-refractivity contribution in [3.63, 3.8) is 0 Å². The Hall–Kier alpha value is -2.69. The van der Waals surface area contributed by atoms with Crippen molar-refractivity contribution < 1.29 is 17.9 Å². The molecule has 3 fully saturated rings. The van der Waals surface area contributed by atoms with Crippen molar-refractivity contribution in [1.29, 1.82) is 0 Å². The molecule has 30 heavy (non-hydrogen) atoms. The minimum Gasteiger partial charge on any atom is -0.492 e. The first kappa shape index (κ1) is 19.3. The minimum absolute atomic E-state index is 0.0287. The maximum absolute atomic E-state index is 15.2. The molecule has 0 aromatic carbocycles. The Labute approximate surface area is 168 Å². The van der Waals surface area contributed by atoms with Crippen molar-refractivity contribution in [2.24, 2.45) is 11.7 Å². The molecule has 2 saturated carbocycles. The lowest BCUT2D eigenvalue weighted by Gasteiger charge is -2.25. The van der Waals surface area contributed by atoms with E-state index in [0.29, 0.717) is 23.2 Å². The van der Waals surface area contributed by atoms with E-state index in [1.54, 1.807) is 4.90 Å². The van der Waals surface area contributed by atoms with E-state index < -0.39 is 34.4 Å². The van der Waals surface area contributed by atoms with Crippen LogP contribution >= 0.6 is 0 Å². The number of nitrogen functional groups attached to an aromatic ring is 1. The van der Waals surface area contributed by atoms with Crippen LogP contribution in [-0.2, 0) is 0 Å². The highest BCUT2D eigenvalue weighted by atomic mass is 19.3. The molecule has 2 unspecified atom stereocenters. The van der Waals surface area contributed by atoms with Gasteiger partial charge in [-0.25, -0.2) is 18.0 Å². The highest BCUT2D eigenvalue weighted by Gasteiger charge is 2.72. The van der Waals surface area contributed by atoms with Crippen LogP contribution in [-0.4, -0.2) is 40.7 Å². The number of hydrogen-bond acceptors (Lipinski definition) is 6. The lowest BCUT2D eigenvalue weighted by atomic mass is 9.97. The van der Waals surface area contributed by atoms with Crippen LogP contribution in [0.4, 0.5) is 18.9 Å². The van der Waals surface area contributed by atoms with Gasteiger partial charge in [-0.1, -0.05) is 0 Å². The van der Waals surface area contributed by atoms with Crippen LogP contribution in [0.5, 0.6) is 5.75 Å². The summed E-state index contributed by atoms with van der Waals surface area (Å²) in [4.78, 5) is 26.8. The summed E-state index contributed by atoms with van der Waals surface area (Å²) >= 11 is 0. The standard InChI is InChI=1S/C19H22F3N5O3/c1-30-15-13(25-5-4-10(6-25)18(23)8-19(18,21)22)11(20)7-26-14(15)12(9-2-3-9)16(28)27(24)17(26)29/h7,9-10H,2-6,8,23-24H2,1H3. The molecule has 2 aliphatic carbocycles. The molecule has 0 bridgehead atoms. The molecule has 162 valence electrons. The summed E-state index contributed by atoms with van der Waals surface area (Å²) in [6.45, 7) is 0.437. The Morgan fingerprint density at radius 2 is 1.90 bits per heavy atom. The predicted octanol–water partition coefficient (Wildman–Crippen LogP) is 0.763. The average Bonchev–Trinajstić information content (AvgIpc) is 3.54. The van der Waals surface area contributed by atoms with Gasteiger partial charge >= 0.3 is 5.69 Å². The number of anilines is 1. The average molecular weight is 425 g/mol. The third-order valence-corrected chi connectivity index (χ3v) is 6.75. The molecule has 0 spiro atoms. The van der Waals surface area contributed by atoms with E-state index in [-0.39, 0.29) is 35.8 Å². The Morgan fingerprint density at radius 3 is 2.47 bits per heavy atom. The Bertz CT molecular complexity index is 1190. The molecule has 2 atom stereocenters. The van der Waals surface area contributed by atoms with Gasteiger partial charge in [-0.05, 0) is 25.2 Å². The van der Waals surface area contributed by atoms with E-state index in [4.69, 9.17) is 16.3 Å². The summed E-state index contributed by atoms with van der Waals surface area (Å²) in [5.74, 6) is 1.37. The van der Waals surface area contributed by atoms with Crippen LogP contribution in [0.15, 0.2) is 15.8 Å². The summed E-state index contributed by atoms with van der Waals surface area (Å²) in [7, 11) is 1.32. The van der Waals surface area contributed by atoms with Crippen molar-refractivity contribution in [1.82, 2.24) is 9.08 Å². The SMILES string of the molecule is COc1c(N2CCC(C3(N)CC3(F)F)C2)c(F)cn2c(=O)n(N)c(=O)c(C3CC3)c12. The Kier molecular flexibility index (Phi) is 3.81. The van der Waals surface area contributed by atoms with Gasteiger partial charge in [0.15, 0.2) is 11.6 Å². The lowest BCUT2D eigenvalue weighted by molar-refractivity contribution is 0.0751. The maximum Gasteiger partial charge on any atom is 0.354 e. The Balaban J connectivity index is 1.68. The number of nitrogens with two attached hydrogens (primary N) is 2. The summed E-state index contributed by atoms with van der Waals surface area (Å²) in [5.41, 5.74) is 3.31. The number of methoxy groups -OCH3 is 1. The van der Waals surface area contributed by atoms with Gasteiger partial charge in [-0.15, -0.1) is 0 Å². The van der Waals surface area contributed by atoms with Gasteiger partial charge in [0.05, 0.1) is 24.4 Å². The number of nitrogens with zero attached hydrogens (tertiary/aromatic N) is 3. The molecule has 2 aromatic rings. The van der Waals surface area contributed by atoms with Crippen molar-refractivity contribution in [3.8, 4) is 5.75 Å². The number of fused-ring (bicyclic) bond motifs is 1. The maximum atomic E-state index is 15.2.